The van der Waals surface area contributed by atoms with E-state index in [-0.39, 0.29) is 6.04 Å². The minimum atomic E-state index is 0.0191. The molecule has 0 radical (unpaired) electrons. The summed E-state index contributed by atoms with van der Waals surface area (Å²) in [5.41, 5.74) is 2.24. The van der Waals surface area contributed by atoms with Crippen molar-refractivity contribution in [3.8, 4) is 0 Å². The maximum absolute atomic E-state index is 5.82. The molecule has 5 rings (SSSR count). The molecule has 0 unspecified atom stereocenters. The Hall–Kier alpha value is -3.10. The number of benzene rings is 1. The third-order valence-electron chi connectivity index (χ3n) is 5.66. The highest BCUT2D eigenvalue weighted by Crippen LogP contribution is 2.34. The number of likely N-dealkylation sites (N-methyl/N-ethyl adjacent to an activating group) is 1. The molecule has 2 aliphatic rings. The van der Waals surface area contributed by atoms with Crippen molar-refractivity contribution in [2.24, 2.45) is 0 Å². The van der Waals surface area contributed by atoms with E-state index in [1.165, 1.54) is 5.69 Å². The summed E-state index contributed by atoms with van der Waals surface area (Å²) in [5.74, 6) is 2.31. The molecule has 2 aromatic heterocycles. The quantitative estimate of drug-likeness (QED) is 0.691. The summed E-state index contributed by atoms with van der Waals surface area (Å²) in [5, 5.41) is 5.18. The molecule has 0 aliphatic carbocycles. The average Bonchev–Trinajstić information content (AvgIpc) is 3.47. The number of rotatable bonds is 5. The maximum Gasteiger partial charge on any atom is 0.158 e. The van der Waals surface area contributed by atoms with Crippen LogP contribution in [0.4, 0.5) is 23.0 Å². The molecule has 2 aliphatic heterocycles. The highest BCUT2D eigenvalue weighted by molar-refractivity contribution is 5.62. The topological polar surface area (TPSA) is 69.9 Å². The summed E-state index contributed by atoms with van der Waals surface area (Å²) in [7, 11) is 2.17. The average molecular weight is 406 g/mol. The second kappa shape index (κ2) is 8.33. The van der Waals surface area contributed by atoms with Gasteiger partial charge in [-0.3, -0.25) is 4.84 Å². The van der Waals surface area contributed by atoms with Crippen LogP contribution < -0.4 is 15.3 Å². The van der Waals surface area contributed by atoms with E-state index in [4.69, 9.17) is 9.25 Å². The van der Waals surface area contributed by atoms with Gasteiger partial charge in [0, 0.05) is 50.0 Å². The van der Waals surface area contributed by atoms with Crippen LogP contribution in [0.2, 0.25) is 0 Å². The van der Waals surface area contributed by atoms with Crippen molar-refractivity contribution in [2.45, 2.75) is 12.5 Å². The minimum Gasteiger partial charge on any atom is -0.467 e. The van der Waals surface area contributed by atoms with Crippen LogP contribution in [0.15, 0.2) is 59.5 Å². The van der Waals surface area contributed by atoms with Gasteiger partial charge >= 0.3 is 0 Å². The zero-order chi connectivity index (χ0) is 20.3. The largest absolute Gasteiger partial charge is 0.467 e. The predicted octanol–water partition coefficient (Wildman–Crippen LogP) is 3.45. The number of furan rings is 1. The number of hydroxylamine groups is 1. The van der Waals surface area contributed by atoms with Gasteiger partial charge in [0.1, 0.15) is 23.9 Å². The van der Waals surface area contributed by atoms with Gasteiger partial charge in [-0.05, 0) is 43.4 Å². The molecule has 3 aromatic rings. The zero-order valence-electron chi connectivity index (χ0n) is 17.1. The Morgan fingerprint density at radius 1 is 1.03 bits per heavy atom. The molecular weight excluding hydrogens is 380 g/mol. The number of nitrogens with zero attached hydrogens (tertiary/aromatic N) is 5. The second-order valence-electron chi connectivity index (χ2n) is 7.70. The second-order valence-corrected chi connectivity index (χ2v) is 7.70. The van der Waals surface area contributed by atoms with Crippen molar-refractivity contribution in [3.05, 3.63) is 60.8 Å². The van der Waals surface area contributed by atoms with E-state index in [2.05, 4.69) is 56.4 Å². The number of nitrogens with one attached hydrogen (secondary N) is 1. The molecule has 0 amide bonds. The lowest BCUT2D eigenvalue weighted by Gasteiger charge is -2.34. The van der Waals surface area contributed by atoms with Gasteiger partial charge in [-0.2, -0.15) is 0 Å². The SMILES string of the molecule is CN1CCN(c2ccc(Nc3cc(N4OCC[C@@H]4c4ccco4)ncn3)cc2)CC1. The Labute approximate surface area is 176 Å². The Morgan fingerprint density at radius 2 is 1.87 bits per heavy atom. The lowest BCUT2D eigenvalue weighted by Crippen LogP contribution is -2.44. The Bertz CT molecular complexity index is 954. The van der Waals surface area contributed by atoms with Gasteiger partial charge in [0.15, 0.2) is 5.82 Å². The first-order valence-electron chi connectivity index (χ1n) is 10.3. The van der Waals surface area contributed by atoms with Crippen LogP contribution in [0.5, 0.6) is 0 Å². The summed E-state index contributed by atoms with van der Waals surface area (Å²) >= 11 is 0. The monoisotopic (exact) mass is 406 g/mol. The highest BCUT2D eigenvalue weighted by Gasteiger charge is 2.31. The van der Waals surface area contributed by atoms with Crippen LogP contribution in [0.25, 0.3) is 0 Å². The standard InChI is InChI=1S/C22H26N6O2/c1-26-9-11-27(12-10-26)18-6-4-17(5-7-18)25-21-15-22(24-16-23-21)28-19(8-14-30-28)20-3-2-13-29-20/h2-7,13,15-16,19H,8-12,14H2,1H3,(H,23,24,25)/t19-/m1/s1. The molecule has 0 bridgehead atoms. The molecule has 30 heavy (non-hydrogen) atoms. The molecule has 2 saturated heterocycles. The summed E-state index contributed by atoms with van der Waals surface area (Å²) in [6, 6.07) is 14.3. The van der Waals surface area contributed by atoms with Gasteiger partial charge in [-0.1, -0.05) is 0 Å². The number of anilines is 4. The molecule has 2 fully saturated rings. The van der Waals surface area contributed by atoms with Crippen molar-refractivity contribution in [3.63, 3.8) is 0 Å². The van der Waals surface area contributed by atoms with E-state index in [0.29, 0.717) is 12.4 Å². The van der Waals surface area contributed by atoms with Crippen molar-refractivity contribution in [2.75, 3.05) is 55.1 Å². The van der Waals surface area contributed by atoms with Gasteiger partial charge in [0.25, 0.3) is 0 Å². The maximum atomic E-state index is 5.82. The predicted molar refractivity (Wildman–Crippen MR) is 116 cm³/mol. The summed E-state index contributed by atoms with van der Waals surface area (Å²) in [6.45, 7) is 4.95. The molecule has 8 heteroatoms. The van der Waals surface area contributed by atoms with E-state index < -0.39 is 0 Å². The fourth-order valence-corrected chi connectivity index (χ4v) is 3.94. The van der Waals surface area contributed by atoms with Crippen molar-refractivity contribution >= 4 is 23.0 Å². The molecule has 1 atom stereocenters. The Morgan fingerprint density at radius 3 is 2.63 bits per heavy atom. The molecule has 0 spiro atoms. The summed E-state index contributed by atoms with van der Waals surface area (Å²) in [6.07, 6.45) is 4.09. The zero-order valence-corrected chi connectivity index (χ0v) is 17.1. The van der Waals surface area contributed by atoms with E-state index in [1.54, 1.807) is 12.6 Å². The normalized spacial score (nSPS) is 20.0. The van der Waals surface area contributed by atoms with Crippen LogP contribution in [-0.2, 0) is 4.84 Å². The molecule has 8 nitrogen and oxygen atoms in total. The Balaban J connectivity index is 1.28. The fourth-order valence-electron chi connectivity index (χ4n) is 3.94. The van der Waals surface area contributed by atoms with Gasteiger partial charge in [-0.15, -0.1) is 0 Å². The molecule has 4 heterocycles. The molecular formula is C22H26N6O2. The highest BCUT2D eigenvalue weighted by atomic mass is 16.7. The van der Waals surface area contributed by atoms with Gasteiger partial charge in [0.2, 0.25) is 0 Å². The Kier molecular flexibility index (Phi) is 5.25. The van der Waals surface area contributed by atoms with Crippen LogP contribution in [0.3, 0.4) is 0 Å². The first kappa shape index (κ1) is 18.9. The fraction of sp³-hybridized carbons (Fsp3) is 0.364. The van der Waals surface area contributed by atoms with E-state index in [1.807, 2.05) is 23.3 Å². The van der Waals surface area contributed by atoms with Crippen LogP contribution in [0, 0.1) is 0 Å². The van der Waals surface area contributed by atoms with Crippen molar-refractivity contribution in [1.82, 2.24) is 14.9 Å². The van der Waals surface area contributed by atoms with Crippen LogP contribution >= 0.6 is 0 Å². The molecule has 0 saturated carbocycles. The minimum absolute atomic E-state index is 0.0191. The first-order chi connectivity index (χ1) is 14.8. The van der Waals surface area contributed by atoms with Gasteiger partial charge < -0.3 is 19.5 Å². The van der Waals surface area contributed by atoms with E-state index in [9.17, 15) is 0 Å². The molecule has 1 N–H and O–H groups in total. The van der Waals surface area contributed by atoms with Crippen molar-refractivity contribution < 1.29 is 9.25 Å². The van der Waals surface area contributed by atoms with Gasteiger partial charge in [0.05, 0.1) is 12.9 Å². The summed E-state index contributed by atoms with van der Waals surface area (Å²) < 4.78 is 5.57. The van der Waals surface area contributed by atoms with E-state index in [0.717, 1.165) is 49.9 Å². The number of hydrogen-bond acceptors (Lipinski definition) is 8. The van der Waals surface area contributed by atoms with Crippen LogP contribution in [-0.4, -0.2) is 54.7 Å². The molecule has 1 aromatic carbocycles. The lowest BCUT2D eigenvalue weighted by atomic mass is 10.2. The smallest absolute Gasteiger partial charge is 0.158 e. The third kappa shape index (κ3) is 3.96. The van der Waals surface area contributed by atoms with Crippen molar-refractivity contribution in [1.29, 1.82) is 0 Å². The van der Waals surface area contributed by atoms with E-state index >= 15 is 0 Å². The third-order valence-corrected chi connectivity index (χ3v) is 5.66. The number of piperazine rings is 1. The molecule has 156 valence electrons. The lowest BCUT2D eigenvalue weighted by molar-refractivity contribution is 0.154. The number of aromatic nitrogens is 2. The van der Waals surface area contributed by atoms with Gasteiger partial charge in [-0.25, -0.2) is 15.0 Å². The first-order valence-corrected chi connectivity index (χ1v) is 10.3. The summed E-state index contributed by atoms with van der Waals surface area (Å²) in [4.78, 5) is 19.4. The number of hydrogen-bond donors (Lipinski definition) is 1. The van der Waals surface area contributed by atoms with Crippen LogP contribution in [0.1, 0.15) is 18.2 Å².